The zero-order valence-electron chi connectivity index (χ0n) is 15.7. The van der Waals surface area contributed by atoms with E-state index in [-0.39, 0.29) is 17.6 Å². The molecule has 0 saturated carbocycles. The van der Waals surface area contributed by atoms with Gasteiger partial charge in [0.15, 0.2) is 5.76 Å². The van der Waals surface area contributed by atoms with Crippen LogP contribution in [0.3, 0.4) is 0 Å². The average molecular weight is 369 g/mol. The SMILES string of the molecule is C[C@H]1CCCCN1CCCNC(=O)c1ccccc1NC(=O)c1ccco1. The second-order valence-electron chi connectivity index (χ2n) is 6.97. The van der Waals surface area contributed by atoms with Gasteiger partial charge in [-0.15, -0.1) is 0 Å². The first-order valence-electron chi connectivity index (χ1n) is 9.61. The molecule has 6 nitrogen and oxygen atoms in total. The second kappa shape index (κ2) is 9.37. The Morgan fingerprint density at radius 1 is 1.15 bits per heavy atom. The van der Waals surface area contributed by atoms with Gasteiger partial charge in [0.25, 0.3) is 11.8 Å². The maximum atomic E-state index is 12.5. The van der Waals surface area contributed by atoms with Crippen molar-refractivity contribution in [3.05, 3.63) is 54.0 Å². The zero-order valence-corrected chi connectivity index (χ0v) is 15.7. The van der Waals surface area contributed by atoms with Crippen LogP contribution in [-0.2, 0) is 0 Å². The van der Waals surface area contributed by atoms with Crippen LogP contribution in [0.4, 0.5) is 5.69 Å². The Bertz CT molecular complexity index is 758. The van der Waals surface area contributed by atoms with Crippen molar-refractivity contribution >= 4 is 17.5 Å². The van der Waals surface area contributed by atoms with Gasteiger partial charge in [-0.1, -0.05) is 18.6 Å². The summed E-state index contributed by atoms with van der Waals surface area (Å²) in [6.45, 7) is 5.04. The van der Waals surface area contributed by atoms with Gasteiger partial charge < -0.3 is 20.0 Å². The molecule has 27 heavy (non-hydrogen) atoms. The van der Waals surface area contributed by atoms with E-state index in [9.17, 15) is 9.59 Å². The fourth-order valence-corrected chi connectivity index (χ4v) is 3.45. The molecule has 0 unspecified atom stereocenters. The summed E-state index contributed by atoms with van der Waals surface area (Å²) in [5, 5.41) is 5.70. The van der Waals surface area contributed by atoms with E-state index in [1.165, 1.54) is 25.5 Å². The highest BCUT2D eigenvalue weighted by Gasteiger charge is 2.18. The fraction of sp³-hybridized carbons (Fsp3) is 0.429. The Labute approximate surface area is 159 Å². The van der Waals surface area contributed by atoms with Crippen LogP contribution >= 0.6 is 0 Å². The summed E-state index contributed by atoms with van der Waals surface area (Å²) in [6, 6.07) is 10.9. The van der Waals surface area contributed by atoms with Gasteiger partial charge in [-0.3, -0.25) is 9.59 Å². The largest absolute Gasteiger partial charge is 0.459 e. The maximum absolute atomic E-state index is 12.5. The number of hydrogen-bond donors (Lipinski definition) is 2. The van der Waals surface area contributed by atoms with Crippen LogP contribution in [0.1, 0.15) is 53.5 Å². The first-order chi connectivity index (χ1) is 13.1. The van der Waals surface area contributed by atoms with Gasteiger partial charge in [0.1, 0.15) is 0 Å². The molecule has 6 heteroatoms. The summed E-state index contributed by atoms with van der Waals surface area (Å²) in [7, 11) is 0. The van der Waals surface area contributed by atoms with Gasteiger partial charge in [0.2, 0.25) is 0 Å². The molecule has 0 spiro atoms. The number of anilines is 1. The van der Waals surface area contributed by atoms with Crippen molar-refractivity contribution in [2.24, 2.45) is 0 Å². The molecule has 1 aliphatic heterocycles. The lowest BCUT2D eigenvalue weighted by Gasteiger charge is -2.33. The molecule has 2 heterocycles. The number of carbonyl (C=O) groups excluding carboxylic acids is 2. The van der Waals surface area contributed by atoms with Gasteiger partial charge >= 0.3 is 0 Å². The fourth-order valence-electron chi connectivity index (χ4n) is 3.45. The Hall–Kier alpha value is -2.60. The minimum atomic E-state index is -0.376. The maximum Gasteiger partial charge on any atom is 0.291 e. The molecule has 2 N–H and O–H groups in total. The van der Waals surface area contributed by atoms with E-state index < -0.39 is 0 Å². The number of carbonyl (C=O) groups is 2. The number of likely N-dealkylation sites (tertiary alicyclic amines) is 1. The Morgan fingerprint density at radius 3 is 2.78 bits per heavy atom. The zero-order chi connectivity index (χ0) is 19.1. The topological polar surface area (TPSA) is 74.6 Å². The summed E-state index contributed by atoms with van der Waals surface area (Å²) < 4.78 is 5.10. The second-order valence-corrected chi connectivity index (χ2v) is 6.97. The van der Waals surface area contributed by atoms with Gasteiger partial charge in [0, 0.05) is 19.1 Å². The number of piperidine rings is 1. The molecule has 1 aromatic heterocycles. The van der Waals surface area contributed by atoms with Gasteiger partial charge in [0.05, 0.1) is 17.5 Å². The molecular weight excluding hydrogens is 342 g/mol. The molecule has 1 aliphatic rings. The Morgan fingerprint density at radius 2 is 2.00 bits per heavy atom. The van der Waals surface area contributed by atoms with E-state index in [1.54, 1.807) is 36.4 Å². The summed E-state index contributed by atoms with van der Waals surface area (Å²) >= 11 is 0. The van der Waals surface area contributed by atoms with Crippen molar-refractivity contribution in [1.82, 2.24) is 10.2 Å². The number of para-hydroxylation sites is 1. The third kappa shape index (κ3) is 5.20. The molecule has 1 aromatic carbocycles. The smallest absolute Gasteiger partial charge is 0.291 e. The summed E-state index contributed by atoms with van der Waals surface area (Å²) in [5.74, 6) is -0.350. The standard InChI is InChI=1S/C21H27N3O3/c1-16-8-4-5-13-24(16)14-7-12-22-20(25)17-9-2-3-10-18(17)23-21(26)19-11-6-15-27-19/h2-3,6,9-11,15-16H,4-5,7-8,12-14H2,1H3,(H,22,25)(H,23,26)/t16-/m0/s1. The van der Waals surface area contributed by atoms with Crippen LogP contribution in [0, 0.1) is 0 Å². The van der Waals surface area contributed by atoms with Crippen LogP contribution in [0.2, 0.25) is 0 Å². The lowest BCUT2D eigenvalue weighted by Crippen LogP contribution is -2.39. The third-order valence-electron chi connectivity index (χ3n) is 5.01. The summed E-state index contributed by atoms with van der Waals surface area (Å²) in [6.07, 6.45) is 6.19. The van der Waals surface area contributed by atoms with Crippen molar-refractivity contribution < 1.29 is 14.0 Å². The lowest BCUT2D eigenvalue weighted by molar-refractivity contribution is 0.0949. The van der Waals surface area contributed by atoms with Crippen LogP contribution in [0.5, 0.6) is 0 Å². The monoisotopic (exact) mass is 369 g/mol. The van der Waals surface area contributed by atoms with Gasteiger partial charge in [-0.25, -0.2) is 0 Å². The molecule has 0 bridgehead atoms. The lowest BCUT2D eigenvalue weighted by atomic mass is 10.0. The van der Waals surface area contributed by atoms with E-state index in [0.29, 0.717) is 23.8 Å². The van der Waals surface area contributed by atoms with E-state index >= 15 is 0 Å². The third-order valence-corrected chi connectivity index (χ3v) is 5.01. The van der Waals surface area contributed by atoms with E-state index in [4.69, 9.17) is 4.42 Å². The minimum Gasteiger partial charge on any atom is -0.459 e. The van der Waals surface area contributed by atoms with Crippen LogP contribution in [0.15, 0.2) is 47.1 Å². The molecule has 1 fully saturated rings. The molecule has 0 aliphatic carbocycles. The highest BCUT2D eigenvalue weighted by atomic mass is 16.3. The van der Waals surface area contributed by atoms with Crippen molar-refractivity contribution in [2.75, 3.05) is 25.0 Å². The molecule has 144 valence electrons. The van der Waals surface area contributed by atoms with E-state index in [0.717, 1.165) is 19.5 Å². The molecule has 1 saturated heterocycles. The van der Waals surface area contributed by atoms with Crippen molar-refractivity contribution in [3.63, 3.8) is 0 Å². The number of hydrogen-bond acceptors (Lipinski definition) is 4. The van der Waals surface area contributed by atoms with Crippen LogP contribution in [0.25, 0.3) is 0 Å². The predicted molar refractivity (Wildman–Crippen MR) is 105 cm³/mol. The van der Waals surface area contributed by atoms with E-state index in [1.807, 2.05) is 0 Å². The number of nitrogens with one attached hydrogen (secondary N) is 2. The predicted octanol–water partition coefficient (Wildman–Crippen LogP) is 3.53. The number of benzene rings is 1. The summed E-state index contributed by atoms with van der Waals surface area (Å²) in [5.41, 5.74) is 0.921. The first kappa shape index (κ1) is 19.2. The van der Waals surface area contributed by atoms with Gasteiger partial charge in [-0.2, -0.15) is 0 Å². The van der Waals surface area contributed by atoms with E-state index in [2.05, 4.69) is 22.5 Å². The number of nitrogens with zero attached hydrogens (tertiary/aromatic N) is 1. The number of furan rings is 1. The molecule has 2 aromatic rings. The highest BCUT2D eigenvalue weighted by molar-refractivity contribution is 6.07. The molecule has 1 atom stereocenters. The Balaban J connectivity index is 1.51. The van der Waals surface area contributed by atoms with Gasteiger partial charge in [-0.05, 0) is 57.0 Å². The average Bonchev–Trinajstić information content (AvgIpc) is 3.22. The van der Waals surface area contributed by atoms with Crippen LogP contribution in [-0.4, -0.2) is 42.4 Å². The molecule has 2 amide bonds. The first-order valence-corrected chi connectivity index (χ1v) is 9.61. The Kier molecular flexibility index (Phi) is 6.65. The molecule has 3 rings (SSSR count). The number of amides is 2. The summed E-state index contributed by atoms with van der Waals surface area (Å²) in [4.78, 5) is 27.2. The van der Waals surface area contributed by atoms with Crippen molar-refractivity contribution in [1.29, 1.82) is 0 Å². The molecular formula is C21H27N3O3. The normalized spacial score (nSPS) is 17.4. The highest BCUT2D eigenvalue weighted by Crippen LogP contribution is 2.17. The number of rotatable bonds is 7. The van der Waals surface area contributed by atoms with Crippen molar-refractivity contribution in [2.45, 2.75) is 38.6 Å². The quantitative estimate of drug-likeness (QED) is 0.732. The van der Waals surface area contributed by atoms with Crippen molar-refractivity contribution in [3.8, 4) is 0 Å². The van der Waals surface area contributed by atoms with Crippen LogP contribution < -0.4 is 10.6 Å². The minimum absolute atomic E-state index is 0.183. The molecule has 0 radical (unpaired) electrons.